The van der Waals surface area contributed by atoms with Crippen molar-refractivity contribution < 1.29 is 20.1 Å². The van der Waals surface area contributed by atoms with E-state index in [1.165, 1.54) is 18.2 Å². The molecule has 4 nitrogen and oxygen atoms in total. The first kappa shape index (κ1) is 12.0. The molecule has 0 radical (unpaired) electrons. The summed E-state index contributed by atoms with van der Waals surface area (Å²) < 4.78 is 0. The highest BCUT2D eigenvalue weighted by molar-refractivity contribution is 5.51. The van der Waals surface area contributed by atoms with E-state index in [9.17, 15) is 4.79 Å². The maximum Gasteiger partial charge on any atom is 0.200 e. The molecule has 0 bridgehead atoms. The quantitative estimate of drug-likeness (QED) is 0.381. The zero-order chi connectivity index (χ0) is 11.0. The third-order valence-electron chi connectivity index (χ3n) is 1.26. The summed E-state index contributed by atoms with van der Waals surface area (Å²) in [5.74, 6) is -1.09. The third kappa shape index (κ3) is 4.15. The fraction of sp³-hybridized carbons (Fsp3) is 0.100. The number of para-hydroxylation sites is 1. The van der Waals surface area contributed by atoms with Gasteiger partial charge in [-0.3, -0.25) is 0 Å². The normalized spacial score (nSPS) is 8.29. The minimum Gasteiger partial charge on any atom is -0.504 e. The molecule has 14 heavy (non-hydrogen) atoms. The Hall–Kier alpha value is -1.97. The topological polar surface area (TPSA) is 77.8 Å². The summed E-state index contributed by atoms with van der Waals surface area (Å²) >= 11 is 0. The van der Waals surface area contributed by atoms with Crippen LogP contribution in [0.1, 0.15) is 6.42 Å². The zero-order valence-electron chi connectivity index (χ0n) is 7.55. The zero-order valence-corrected chi connectivity index (χ0v) is 7.55. The van der Waals surface area contributed by atoms with Crippen molar-refractivity contribution in [3.8, 4) is 17.2 Å². The van der Waals surface area contributed by atoms with Gasteiger partial charge in [-0.1, -0.05) is 12.1 Å². The molecule has 0 aliphatic heterocycles. The molecule has 3 N–H and O–H groups in total. The monoisotopic (exact) mass is 196 g/mol. The van der Waals surface area contributed by atoms with Crippen LogP contribution in [-0.4, -0.2) is 21.6 Å². The van der Waals surface area contributed by atoms with Gasteiger partial charge in [0.1, 0.15) is 6.29 Å². The van der Waals surface area contributed by atoms with E-state index in [0.717, 1.165) is 6.29 Å². The lowest BCUT2D eigenvalue weighted by Gasteiger charge is -1.96. The maximum atomic E-state index is 9.33. The summed E-state index contributed by atoms with van der Waals surface area (Å²) in [6.07, 6.45) is 2.85. The summed E-state index contributed by atoms with van der Waals surface area (Å²) in [5.41, 5.74) is 0. The average molecular weight is 196 g/mol. The predicted octanol–water partition coefficient (Wildman–Crippen LogP) is 1.56. The van der Waals surface area contributed by atoms with Crippen molar-refractivity contribution >= 4 is 6.29 Å². The van der Waals surface area contributed by atoms with Crippen LogP contribution in [0.4, 0.5) is 0 Å². The summed E-state index contributed by atoms with van der Waals surface area (Å²) in [6.45, 7) is 3.32. The lowest BCUT2D eigenvalue weighted by Crippen LogP contribution is -1.67. The fourth-order valence-corrected chi connectivity index (χ4v) is 0.588. The molecule has 1 aromatic rings. The number of allylic oxidation sites excluding steroid dienone is 1. The van der Waals surface area contributed by atoms with Crippen LogP contribution in [0.15, 0.2) is 30.9 Å². The van der Waals surface area contributed by atoms with Gasteiger partial charge in [-0.2, -0.15) is 0 Å². The van der Waals surface area contributed by atoms with Gasteiger partial charge in [-0.15, -0.1) is 6.58 Å². The number of phenols is 3. The van der Waals surface area contributed by atoms with Gasteiger partial charge in [0.25, 0.3) is 0 Å². The second-order valence-corrected chi connectivity index (χ2v) is 2.34. The minimum absolute atomic E-state index is 0.310. The van der Waals surface area contributed by atoms with Crippen molar-refractivity contribution in [3.63, 3.8) is 0 Å². The Labute approximate surface area is 81.8 Å². The van der Waals surface area contributed by atoms with E-state index in [-0.39, 0.29) is 11.5 Å². The van der Waals surface area contributed by atoms with Crippen LogP contribution < -0.4 is 0 Å². The first-order valence-corrected chi connectivity index (χ1v) is 3.88. The number of aldehydes is 1. The second-order valence-electron chi connectivity index (χ2n) is 2.34. The molecule has 0 saturated carbocycles. The molecule has 0 aliphatic carbocycles. The summed E-state index contributed by atoms with van der Waals surface area (Å²) in [5, 5.41) is 26.1. The molecule has 0 heterocycles. The van der Waals surface area contributed by atoms with Crippen LogP contribution in [0.25, 0.3) is 0 Å². The van der Waals surface area contributed by atoms with Crippen molar-refractivity contribution in [1.82, 2.24) is 0 Å². The van der Waals surface area contributed by atoms with Crippen LogP contribution in [-0.2, 0) is 4.79 Å². The van der Waals surface area contributed by atoms with Crippen LogP contribution in [0.2, 0.25) is 0 Å². The molecule has 0 spiro atoms. The van der Waals surface area contributed by atoms with Gasteiger partial charge in [-0.05, 0) is 12.1 Å². The number of phenolic OH excluding ortho intramolecular Hbond substituents is 3. The Balaban J connectivity index is 0.000000292. The number of hydrogen-bond donors (Lipinski definition) is 3. The molecule has 0 aliphatic rings. The van der Waals surface area contributed by atoms with Crippen molar-refractivity contribution in [2.75, 3.05) is 0 Å². The smallest absolute Gasteiger partial charge is 0.200 e. The van der Waals surface area contributed by atoms with Gasteiger partial charge in [0.05, 0.1) is 0 Å². The highest BCUT2D eigenvalue weighted by atomic mass is 16.3. The predicted molar refractivity (Wildman–Crippen MR) is 52.3 cm³/mol. The Morgan fingerprint density at radius 2 is 1.71 bits per heavy atom. The molecule has 1 rings (SSSR count). The summed E-state index contributed by atoms with van der Waals surface area (Å²) in [7, 11) is 0. The van der Waals surface area contributed by atoms with Gasteiger partial charge in [0.2, 0.25) is 0 Å². The van der Waals surface area contributed by atoms with Gasteiger partial charge >= 0.3 is 0 Å². The van der Waals surface area contributed by atoms with Crippen molar-refractivity contribution in [2.45, 2.75) is 6.42 Å². The molecule has 0 fully saturated rings. The van der Waals surface area contributed by atoms with E-state index in [1.54, 1.807) is 6.08 Å². The Morgan fingerprint density at radius 1 is 1.21 bits per heavy atom. The van der Waals surface area contributed by atoms with E-state index >= 15 is 0 Å². The molecule has 1 aromatic carbocycles. The van der Waals surface area contributed by atoms with Crippen molar-refractivity contribution in [2.24, 2.45) is 0 Å². The maximum absolute atomic E-state index is 9.33. The number of carbonyl (C=O) groups is 1. The van der Waals surface area contributed by atoms with Gasteiger partial charge in [0, 0.05) is 6.42 Å². The third-order valence-corrected chi connectivity index (χ3v) is 1.26. The first-order valence-electron chi connectivity index (χ1n) is 3.88. The number of aromatic hydroxyl groups is 3. The first-order chi connectivity index (χ1) is 6.63. The molecule has 0 unspecified atom stereocenters. The average Bonchev–Trinajstić information content (AvgIpc) is 2.16. The van der Waals surface area contributed by atoms with Crippen LogP contribution >= 0.6 is 0 Å². The largest absolute Gasteiger partial charge is 0.504 e. The second kappa shape index (κ2) is 6.54. The minimum atomic E-state index is -0.475. The van der Waals surface area contributed by atoms with E-state index in [4.69, 9.17) is 15.3 Å². The van der Waals surface area contributed by atoms with E-state index in [1.807, 2.05) is 0 Å². The van der Waals surface area contributed by atoms with Gasteiger partial charge in [-0.25, -0.2) is 0 Å². The highest BCUT2D eigenvalue weighted by Crippen LogP contribution is 2.32. The van der Waals surface area contributed by atoms with Gasteiger partial charge in [0.15, 0.2) is 17.2 Å². The molecular formula is C10H12O4. The lowest BCUT2D eigenvalue weighted by atomic mass is 10.3. The Bertz CT molecular complexity index is 281. The Morgan fingerprint density at radius 3 is 1.93 bits per heavy atom. The van der Waals surface area contributed by atoms with Crippen LogP contribution in [0.3, 0.4) is 0 Å². The number of carbonyl (C=O) groups excluding carboxylic acids is 1. The summed E-state index contributed by atoms with van der Waals surface area (Å²) in [6, 6.07) is 4.01. The van der Waals surface area contributed by atoms with E-state index in [0.29, 0.717) is 6.42 Å². The molecule has 4 heteroatoms. The van der Waals surface area contributed by atoms with Gasteiger partial charge < -0.3 is 20.1 Å². The molecule has 0 atom stereocenters. The number of hydrogen-bond acceptors (Lipinski definition) is 4. The standard InChI is InChI=1S/C6H6O3.C4H6O/c7-4-2-1-3-5(8)6(4)9;1-2-3-4-5/h1-3,7-9H;2,4H,1,3H2. The van der Waals surface area contributed by atoms with E-state index in [2.05, 4.69) is 6.58 Å². The highest BCUT2D eigenvalue weighted by Gasteiger charge is 2.00. The molecule has 76 valence electrons. The molecule has 0 aromatic heterocycles. The number of benzene rings is 1. The van der Waals surface area contributed by atoms with Crippen LogP contribution in [0, 0.1) is 0 Å². The molecule has 0 saturated heterocycles. The van der Waals surface area contributed by atoms with Crippen LogP contribution in [0.5, 0.6) is 17.2 Å². The van der Waals surface area contributed by atoms with E-state index < -0.39 is 5.75 Å². The lowest BCUT2D eigenvalue weighted by molar-refractivity contribution is -0.107. The van der Waals surface area contributed by atoms with Crippen molar-refractivity contribution in [1.29, 1.82) is 0 Å². The SMILES string of the molecule is C=CCC=O.Oc1cccc(O)c1O. The molecular weight excluding hydrogens is 184 g/mol. The molecule has 0 amide bonds. The Kier molecular flexibility index (Phi) is 5.62. The van der Waals surface area contributed by atoms with Crippen molar-refractivity contribution in [3.05, 3.63) is 30.9 Å². The number of rotatable bonds is 2. The summed E-state index contributed by atoms with van der Waals surface area (Å²) in [4.78, 5) is 9.33. The fourth-order valence-electron chi connectivity index (χ4n) is 0.588.